The van der Waals surface area contributed by atoms with Crippen LogP contribution in [-0.4, -0.2) is 76.4 Å². The number of carboxylic acids is 1. The maximum absolute atomic E-state index is 12.5. The minimum absolute atomic E-state index is 0.0157. The first-order chi connectivity index (χ1) is 15.0. The number of hydrogen-bond acceptors (Lipinski definition) is 8. The topological polar surface area (TPSA) is 122 Å². The summed E-state index contributed by atoms with van der Waals surface area (Å²) in [5, 5.41) is 12.7. The number of anilines is 1. The molecule has 2 aromatic heterocycles. The van der Waals surface area contributed by atoms with Gasteiger partial charge in [0.1, 0.15) is 13.2 Å². The van der Waals surface area contributed by atoms with Crippen LogP contribution in [0.4, 0.5) is 5.95 Å². The second-order valence-corrected chi connectivity index (χ2v) is 8.06. The molecule has 0 aromatic carbocycles. The first-order valence-corrected chi connectivity index (χ1v) is 10.6. The highest BCUT2D eigenvalue weighted by atomic mass is 16.5. The van der Waals surface area contributed by atoms with Gasteiger partial charge in [-0.05, 0) is 32.6 Å². The lowest BCUT2D eigenvalue weighted by molar-refractivity contribution is -0.146. The summed E-state index contributed by atoms with van der Waals surface area (Å²) in [5.74, 6) is 0.0416. The smallest absolute Gasteiger partial charge is 0.329 e. The molecule has 4 rings (SSSR count). The van der Waals surface area contributed by atoms with Crippen LogP contribution in [-0.2, 0) is 14.3 Å². The number of aromatic nitrogens is 3. The maximum Gasteiger partial charge on any atom is 0.329 e. The van der Waals surface area contributed by atoms with Gasteiger partial charge in [0, 0.05) is 44.4 Å². The number of aliphatic carboxylic acids is 1. The van der Waals surface area contributed by atoms with Gasteiger partial charge in [0.2, 0.25) is 11.9 Å². The minimum Gasteiger partial charge on any atom is -0.480 e. The zero-order valence-corrected chi connectivity index (χ0v) is 17.6. The fraction of sp³-hybridized carbons (Fsp3) is 0.571. The lowest BCUT2D eigenvalue weighted by Crippen LogP contribution is -2.41. The number of carbonyl (C=O) groups is 2. The third-order valence-corrected chi connectivity index (χ3v) is 5.70. The molecule has 10 heteroatoms. The fourth-order valence-corrected chi connectivity index (χ4v) is 4.19. The van der Waals surface area contributed by atoms with Crippen molar-refractivity contribution >= 4 is 17.8 Å². The molecule has 2 aromatic rings. The van der Waals surface area contributed by atoms with Gasteiger partial charge >= 0.3 is 5.97 Å². The van der Waals surface area contributed by atoms with E-state index in [0.717, 1.165) is 55.7 Å². The molecule has 166 valence electrons. The van der Waals surface area contributed by atoms with Gasteiger partial charge in [0.15, 0.2) is 5.76 Å². The number of piperidine rings is 1. The molecule has 1 amide bonds. The van der Waals surface area contributed by atoms with E-state index in [9.17, 15) is 9.59 Å². The third kappa shape index (κ3) is 5.01. The lowest BCUT2D eigenvalue weighted by atomic mass is 9.91. The van der Waals surface area contributed by atoms with Gasteiger partial charge in [-0.15, -0.1) is 0 Å². The molecular weight excluding hydrogens is 402 g/mol. The Bertz CT molecular complexity index is 940. The molecule has 4 heterocycles. The predicted octanol–water partition coefficient (Wildman–Crippen LogP) is 1.85. The van der Waals surface area contributed by atoms with Gasteiger partial charge in [-0.25, -0.2) is 14.8 Å². The highest BCUT2D eigenvalue weighted by Gasteiger charge is 2.30. The summed E-state index contributed by atoms with van der Waals surface area (Å²) < 4.78 is 10.5. The van der Waals surface area contributed by atoms with Crippen molar-refractivity contribution < 1.29 is 24.0 Å². The first-order valence-electron chi connectivity index (χ1n) is 10.6. The quantitative estimate of drug-likeness (QED) is 0.702. The Labute approximate surface area is 180 Å². The molecular formula is C21H27N5O5. The Kier molecular flexibility index (Phi) is 6.45. The number of rotatable bonds is 7. The molecule has 0 spiro atoms. The van der Waals surface area contributed by atoms with Crippen molar-refractivity contribution in [3.8, 4) is 11.3 Å². The Hall–Kier alpha value is -3.01. The summed E-state index contributed by atoms with van der Waals surface area (Å²) in [6, 6.07) is 1.86. The van der Waals surface area contributed by atoms with Gasteiger partial charge in [0.05, 0.1) is 17.0 Å². The van der Waals surface area contributed by atoms with Crippen LogP contribution in [0.1, 0.15) is 43.0 Å². The van der Waals surface area contributed by atoms with Gasteiger partial charge in [-0.3, -0.25) is 4.79 Å². The molecule has 2 aliphatic rings. The largest absolute Gasteiger partial charge is 0.480 e. The number of hydrogen-bond donors (Lipinski definition) is 1. The lowest BCUT2D eigenvalue weighted by Gasteiger charge is -2.33. The molecule has 2 saturated heterocycles. The van der Waals surface area contributed by atoms with Crippen molar-refractivity contribution in [2.45, 2.75) is 38.5 Å². The number of aryl methyl sites for hydroxylation is 1. The monoisotopic (exact) mass is 429 g/mol. The van der Waals surface area contributed by atoms with Crippen LogP contribution in [0.25, 0.3) is 11.3 Å². The molecule has 2 fully saturated rings. The van der Waals surface area contributed by atoms with Crippen molar-refractivity contribution in [2.75, 3.05) is 44.3 Å². The summed E-state index contributed by atoms with van der Waals surface area (Å²) in [7, 11) is 0. The van der Waals surface area contributed by atoms with E-state index in [1.807, 2.05) is 13.0 Å². The van der Waals surface area contributed by atoms with E-state index in [1.54, 1.807) is 11.1 Å². The van der Waals surface area contributed by atoms with E-state index in [-0.39, 0.29) is 18.4 Å². The van der Waals surface area contributed by atoms with Crippen LogP contribution < -0.4 is 4.90 Å². The molecule has 0 aliphatic carbocycles. The number of carbonyl (C=O) groups excluding carboxylic acids is 1. The molecule has 1 unspecified atom stereocenters. The molecule has 2 aliphatic heterocycles. The average molecular weight is 429 g/mol. The molecule has 0 radical (unpaired) electrons. The van der Waals surface area contributed by atoms with Gasteiger partial charge < -0.3 is 24.2 Å². The molecule has 0 saturated carbocycles. The molecule has 31 heavy (non-hydrogen) atoms. The normalized spacial score (nSPS) is 19.1. The van der Waals surface area contributed by atoms with E-state index in [4.69, 9.17) is 19.4 Å². The van der Waals surface area contributed by atoms with Crippen LogP contribution >= 0.6 is 0 Å². The molecule has 1 N–H and O–H groups in total. The van der Waals surface area contributed by atoms with Crippen LogP contribution in [0.2, 0.25) is 0 Å². The zero-order valence-electron chi connectivity index (χ0n) is 17.6. The standard InChI is InChI=1S/C21H27N5O5/c1-14-9-17(31-24-14)16-10-22-21(25-6-2-3-7-25)23-20(16)15-5-4-8-26(11-15)18(27)12-30-13-19(28)29/h9-10,15H,2-8,11-13H2,1H3,(H,28,29). The summed E-state index contributed by atoms with van der Waals surface area (Å²) in [6.45, 7) is 4.13. The Morgan fingerprint density at radius 3 is 2.74 bits per heavy atom. The van der Waals surface area contributed by atoms with Crippen molar-refractivity contribution in [2.24, 2.45) is 0 Å². The van der Waals surface area contributed by atoms with E-state index in [1.165, 1.54) is 0 Å². The summed E-state index contributed by atoms with van der Waals surface area (Å²) in [6.07, 6.45) is 5.77. The van der Waals surface area contributed by atoms with Crippen molar-refractivity contribution in [1.29, 1.82) is 0 Å². The van der Waals surface area contributed by atoms with Crippen LogP contribution in [0.3, 0.4) is 0 Å². The van der Waals surface area contributed by atoms with Crippen molar-refractivity contribution in [1.82, 2.24) is 20.0 Å². The Morgan fingerprint density at radius 2 is 2.03 bits per heavy atom. The maximum atomic E-state index is 12.5. The number of carboxylic acid groups (broad SMARTS) is 1. The molecule has 10 nitrogen and oxygen atoms in total. The third-order valence-electron chi connectivity index (χ3n) is 5.70. The Morgan fingerprint density at radius 1 is 1.23 bits per heavy atom. The second-order valence-electron chi connectivity index (χ2n) is 8.06. The highest BCUT2D eigenvalue weighted by Crippen LogP contribution is 2.34. The Balaban J connectivity index is 1.57. The summed E-state index contributed by atoms with van der Waals surface area (Å²) in [5.41, 5.74) is 2.43. The number of ether oxygens (including phenoxy) is 1. The highest BCUT2D eigenvalue weighted by molar-refractivity contribution is 5.78. The van der Waals surface area contributed by atoms with Crippen LogP contribution in [0.15, 0.2) is 16.8 Å². The van der Waals surface area contributed by atoms with Gasteiger partial charge in [0.25, 0.3) is 0 Å². The SMILES string of the molecule is Cc1cc(-c2cnc(N3CCCC3)nc2C2CCCN(C(=O)COCC(=O)O)C2)on1. The summed E-state index contributed by atoms with van der Waals surface area (Å²) in [4.78, 5) is 36.6. The van der Waals surface area contributed by atoms with E-state index >= 15 is 0 Å². The van der Waals surface area contributed by atoms with E-state index in [0.29, 0.717) is 24.8 Å². The molecule has 0 bridgehead atoms. The van der Waals surface area contributed by atoms with Crippen molar-refractivity contribution in [3.63, 3.8) is 0 Å². The second kappa shape index (κ2) is 9.42. The predicted molar refractivity (Wildman–Crippen MR) is 111 cm³/mol. The van der Waals surface area contributed by atoms with Crippen LogP contribution in [0, 0.1) is 6.92 Å². The van der Waals surface area contributed by atoms with Gasteiger partial charge in [-0.1, -0.05) is 5.16 Å². The van der Waals surface area contributed by atoms with Gasteiger partial charge in [-0.2, -0.15) is 0 Å². The number of nitrogens with zero attached hydrogens (tertiary/aromatic N) is 5. The minimum atomic E-state index is -1.09. The van der Waals surface area contributed by atoms with Crippen LogP contribution in [0.5, 0.6) is 0 Å². The van der Waals surface area contributed by atoms with Crippen molar-refractivity contribution in [3.05, 3.63) is 23.7 Å². The van der Waals surface area contributed by atoms with E-state index in [2.05, 4.69) is 15.0 Å². The number of amides is 1. The number of likely N-dealkylation sites (tertiary alicyclic amines) is 1. The zero-order chi connectivity index (χ0) is 21.8. The summed E-state index contributed by atoms with van der Waals surface area (Å²) >= 11 is 0. The first kappa shape index (κ1) is 21.2. The van der Waals surface area contributed by atoms with E-state index < -0.39 is 12.6 Å². The molecule has 1 atom stereocenters. The fourth-order valence-electron chi connectivity index (χ4n) is 4.19. The average Bonchev–Trinajstić information content (AvgIpc) is 3.45.